The molecule has 298 valence electrons. The van der Waals surface area contributed by atoms with E-state index in [0.29, 0.717) is 32.2 Å². The Labute approximate surface area is 314 Å². The Morgan fingerprint density at radius 2 is 1.67 bits per heavy atom. The fraction of sp³-hybridized carbons (Fsp3) is 0.902. The smallest absolute Gasteiger partial charge is 0.319 e. The Hall–Kier alpha value is -1.60. The molecule has 4 saturated heterocycles. The molecule has 11 nitrogen and oxygen atoms in total. The SMILES string of the molecule is CC[C@@H]1C=CCC[C@]2(C[C@H]3CC[C@H]4[C@@H](C(=O)OCCCCCCCCCCCCCCC(O)C(=O)NCCCN)[C@@]5(CCC[C@H](C)O5)NC(N2)[NH+]34)O1. The Morgan fingerprint density at radius 3 is 2.37 bits per heavy atom. The van der Waals surface area contributed by atoms with Gasteiger partial charge in [0.2, 0.25) is 12.2 Å². The number of esters is 1. The minimum absolute atomic E-state index is 0.00558. The highest BCUT2D eigenvalue weighted by atomic mass is 16.6. The second-order valence-corrected chi connectivity index (χ2v) is 16.7. The number of amides is 1. The van der Waals surface area contributed by atoms with Crippen molar-refractivity contribution in [1.82, 2.24) is 16.0 Å². The predicted octanol–water partition coefficient (Wildman–Crippen LogP) is 4.47. The highest BCUT2D eigenvalue weighted by Gasteiger charge is 2.66. The summed E-state index contributed by atoms with van der Waals surface area (Å²) >= 11 is 0. The van der Waals surface area contributed by atoms with Crippen LogP contribution in [-0.4, -0.2) is 84.8 Å². The number of carbonyl (C=O) groups is 2. The monoisotopic (exact) mass is 733 g/mol. The van der Waals surface area contributed by atoms with Gasteiger partial charge in [0.25, 0.3) is 0 Å². The van der Waals surface area contributed by atoms with Crippen LogP contribution in [0.4, 0.5) is 0 Å². The first-order valence-electron chi connectivity index (χ1n) is 21.6. The summed E-state index contributed by atoms with van der Waals surface area (Å²) in [4.78, 5) is 27.3. The molecule has 1 amide bonds. The van der Waals surface area contributed by atoms with Crippen LogP contribution in [-0.2, 0) is 23.8 Å². The summed E-state index contributed by atoms with van der Waals surface area (Å²) in [7, 11) is 0. The number of allylic oxidation sites excluding steroid dienone is 1. The molecule has 5 heterocycles. The summed E-state index contributed by atoms with van der Waals surface area (Å²) in [6.45, 7) is 5.91. The van der Waals surface area contributed by atoms with E-state index in [9.17, 15) is 14.7 Å². The van der Waals surface area contributed by atoms with Gasteiger partial charge in [-0.15, -0.1) is 0 Å². The molecule has 5 aliphatic rings. The predicted molar refractivity (Wildman–Crippen MR) is 203 cm³/mol. The van der Waals surface area contributed by atoms with Gasteiger partial charge in [0.15, 0.2) is 5.92 Å². The summed E-state index contributed by atoms with van der Waals surface area (Å²) < 4.78 is 19.7. The molecule has 7 N–H and O–H groups in total. The van der Waals surface area contributed by atoms with Crippen molar-refractivity contribution >= 4 is 11.9 Å². The van der Waals surface area contributed by atoms with Gasteiger partial charge in [-0.1, -0.05) is 89.7 Å². The Bertz CT molecular complexity index is 1130. The van der Waals surface area contributed by atoms with Crippen LogP contribution < -0.4 is 26.6 Å². The largest absolute Gasteiger partial charge is 0.465 e. The molecule has 0 bridgehead atoms. The first kappa shape index (κ1) is 41.6. The lowest BCUT2D eigenvalue weighted by molar-refractivity contribution is -0.985. The molecular formula is C41H74N5O6+. The van der Waals surface area contributed by atoms with Gasteiger partial charge >= 0.3 is 5.97 Å². The third-order valence-electron chi connectivity index (χ3n) is 12.6. The molecule has 10 atom stereocenters. The number of unbranched alkanes of at least 4 members (excludes halogenated alkanes) is 11. The Morgan fingerprint density at radius 1 is 0.962 bits per heavy atom. The van der Waals surface area contributed by atoms with Gasteiger partial charge in [0, 0.05) is 25.8 Å². The van der Waals surface area contributed by atoms with Gasteiger partial charge in [-0.25, -0.2) is 10.6 Å². The summed E-state index contributed by atoms with van der Waals surface area (Å²) in [6, 6.07) is 0.633. The van der Waals surface area contributed by atoms with E-state index in [2.05, 4.69) is 41.9 Å². The summed E-state index contributed by atoms with van der Waals surface area (Å²) in [5.41, 5.74) is 4.39. The van der Waals surface area contributed by atoms with Gasteiger partial charge in [-0.2, -0.15) is 0 Å². The van der Waals surface area contributed by atoms with Gasteiger partial charge in [0.05, 0.1) is 24.9 Å². The van der Waals surface area contributed by atoms with Crippen molar-refractivity contribution in [1.29, 1.82) is 0 Å². The Balaban J connectivity index is 0.967. The number of ether oxygens (including phenoxy) is 3. The number of hydrogen-bond donors (Lipinski definition) is 6. The van der Waals surface area contributed by atoms with Crippen molar-refractivity contribution in [3.8, 4) is 0 Å². The van der Waals surface area contributed by atoms with E-state index in [4.69, 9.17) is 19.9 Å². The maximum atomic E-state index is 14.0. The van der Waals surface area contributed by atoms with E-state index in [1.807, 2.05) is 0 Å². The molecule has 0 saturated carbocycles. The normalized spacial score (nSPS) is 34.6. The maximum absolute atomic E-state index is 14.0. The molecule has 2 spiro atoms. The minimum atomic E-state index is -0.898. The van der Waals surface area contributed by atoms with E-state index < -0.39 is 11.8 Å². The molecule has 52 heavy (non-hydrogen) atoms. The van der Waals surface area contributed by atoms with Crippen LogP contribution in [0.1, 0.15) is 162 Å². The zero-order valence-electron chi connectivity index (χ0n) is 32.6. The average molecular weight is 733 g/mol. The first-order chi connectivity index (χ1) is 25.3. The van der Waals surface area contributed by atoms with Gasteiger partial charge < -0.3 is 35.3 Å². The van der Waals surface area contributed by atoms with Crippen LogP contribution in [0.5, 0.6) is 0 Å². The molecule has 3 unspecified atom stereocenters. The quantitative estimate of drug-likeness (QED) is 0.0572. The van der Waals surface area contributed by atoms with Crippen LogP contribution >= 0.6 is 0 Å². The molecule has 5 aliphatic heterocycles. The first-order valence-corrected chi connectivity index (χ1v) is 21.6. The standard InChI is InChI=1S/C41H73N5O6/c1-3-33-21-15-16-25-40(52-33)30-32-23-24-34-36(41(26-18-20-31(2)51-41)45-39(44-40)46(32)34)38(49)50-29-17-13-11-9-7-5-4-6-8-10-12-14-22-35(47)37(48)43-28-19-27-42/h15,21,31-36,39,44-45,47H,3-14,16-20,22-30,42H2,1-2H3,(H,43,48)/p+1/t31-,32+,33+,34-,35?,36-,39?,40+,41-/m0/s1. The van der Waals surface area contributed by atoms with Crippen molar-refractivity contribution in [3.63, 3.8) is 0 Å². The van der Waals surface area contributed by atoms with Crippen LogP contribution in [0.25, 0.3) is 0 Å². The van der Waals surface area contributed by atoms with Crippen LogP contribution in [0, 0.1) is 5.92 Å². The lowest BCUT2D eigenvalue weighted by atomic mass is 9.79. The number of hydrogen-bond acceptors (Lipinski definition) is 9. The van der Waals surface area contributed by atoms with Crippen molar-refractivity contribution in [2.45, 2.75) is 210 Å². The van der Waals surface area contributed by atoms with E-state index in [0.717, 1.165) is 96.3 Å². The van der Waals surface area contributed by atoms with Crippen LogP contribution in [0.2, 0.25) is 0 Å². The molecule has 5 rings (SSSR count). The summed E-state index contributed by atoms with van der Waals surface area (Å²) in [5.74, 6) is -0.640. The molecule has 0 aromatic carbocycles. The number of quaternary nitrogens is 1. The van der Waals surface area contributed by atoms with Crippen molar-refractivity contribution in [3.05, 3.63) is 12.2 Å². The fourth-order valence-corrected chi connectivity index (χ4v) is 9.91. The average Bonchev–Trinajstić information content (AvgIpc) is 3.43. The highest BCUT2D eigenvalue weighted by molar-refractivity contribution is 5.80. The van der Waals surface area contributed by atoms with E-state index in [1.165, 1.54) is 49.8 Å². The highest BCUT2D eigenvalue weighted by Crippen LogP contribution is 2.42. The second kappa shape index (κ2) is 20.9. The van der Waals surface area contributed by atoms with E-state index >= 15 is 0 Å². The van der Waals surface area contributed by atoms with E-state index in [1.54, 1.807) is 0 Å². The zero-order chi connectivity index (χ0) is 36.8. The molecule has 0 aromatic heterocycles. The number of aliphatic hydroxyl groups excluding tert-OH is 1. The van der Waals surface area contributed by atoms with Gasteiger partial charge in [0.1, 0.15) is 23.6 Å². The fourth-order valence-electron chi connectivity index (χ4n) is 9.91. The van der Waals surface area contributed by atoms with Gasteiger partial charge in [-0.3, -0.25) is 9.59 Å². The number of aliphatic hydroxyl groups is 1. The molecule has 0 aromatic rings. The summed E-state index contributed by atoms with van der Waals surface area (Å²) in [5, 5.41) is 20.6. The van der Waals surface area contributed by atoms with E-state index in [-0.39, 0.29) is 48.1 Å². The lowest BCUT2D eigenvalue weighted by Gasteiger charge is -2.58. The molecule has 0 radical (unpaired) electrons. The number of carbonyl (C=O) groups excluding carboxylic acids is 2. The van der Waals surface area contributed by atoms with Crippen molar-refractivity contribution in [2.75, 3.05) is 19.7 Å². The molecule has 0 aliphatic carbocycles. The third-order valence-corrected chi connectivity index (χ3v) is 12.6. The topological polar surface area (TPSA) is 149 Å². The second-order valence-electron chi connectivity index (χ2n) is 16.7. The maximum Gasteiger partial charge on any atom is 0.319 e. The molecular weight excluding hydrogens is 658 g/mol. The third kappa shape index (κ3) is 11.2. The molecule has 11 heteroatoms. The Kier molecular flexibility index (Phi) is 16.7. The minimum Gasteiger partial charge on any atom is -0.465 e. The molecule has 4 fully saturated rings. The lowest BCUT2D eigenvalue weighted by Crippen LogP contribution is -3.29. The van der Waals surface area contributed by atoms with Crippen molar-refractivity contribution in [2.24, 2.45) is 11.7 Å². The number of rotatable bonds is 21. The van der Waals surface area contributed by atoms with Crippen molar-refractivity contribution < 1.29 is 33.8 Å². The zero-order valence-corrected chi connectivity index (χ0v) is 32.6. The van der Waals surface area contributed by atoms with Gasteiger partial charge in [-0.05, 0) is 71.3 Å². The summed E-state index contributed by atoms with van der Waals surface area (Å²) in [6.07, 6.45) is 27.9. The number of nitrogens with two attached hydrogens (primary N) is 1. The van der Waals surface area contributed by atoms with Crippen LogP contribution in [0.3, 0.4) is 0 Å². The number of nitrogens with one attached hydrogen (secondary N) is 4. The van der Waals surface area contributed by atoms with Crippen LogP contribution in [0.15, 0.2) is 12.2 Å².